The molecule has 1 aromatic carbocycles. The normalized spacial score (nSPS) is 19.2. The zero-order valence-corrected chi connectivity index (χ0v) is 16.8. The molecule has 2 atom stereocenters. The summed E-state index contributed by atoms with van der Waals surface area (Å²) in [5.41, 5.74) is 7.77. The summed E-state index contributed by atoms with van der Waals surface area (Å²) < 4.78 is 15.9. The smallest absolute Gasteiger partial charge is 0.336 e. The first-order valence-electron chi connectivity index (χ1n) is 9.07. The molecule has 28 heavy (non-hydrogen) atoms. The van der Waals surface area contributed by atoms with Crippen LogP contribution >= 0.6 is 11.6 Å². The molecule has 152 valence electrons. The first-order chi connectivity index (χ1) is 13.5. The van der Waals surface area contributed by atoms with E-state index in [1.807, 2.05) is 25.1 Å². The Labute approximate surface area is 169 Å². The van der Waals surface area contributed by atoms with Gasteiger partial charge in [0.1, 0.15) is 0 Å². The van der Waals surface area contributed by atoms with Gasteiger partial charge in [-0.05, 0) is 25.5 Å². The quantitative estimate of drug-likeness (QED) is 0.362. The molecule has 0 aromatic heterocycles. The molecule has 2 N–H and O–H groups in total. The first kappa shape index (κ1) is 22.1. The second-order valence-corrected chi connectivity index (χ2v) is 6.62. The molecule has 1 heterocycles. The Balaban J connectivity index is 2.60. The maximum Gasteiger partial charge on any atom is 0.336 e. The van der Waals surface area contributed by atoms with Crippen molar-refractivity contribution in [1.82, 2.24) is 0 Å². The topological polar surface area (TPSA) is 100 Å². The molecular weight excluding hydrogens is 384 g/mol. The van der Waals surface area contributed by atoms with Crippen LogP contribution in [0.3, 0.4) is 0 Å². The number of esters is 1. The van der Waals surface area contributed by atoms with E-state index < -0.39 is 11.9 Å². The predicted octanol–water partition coefficient (Wildman–Crippen LogP) is 2.48. The minimum absolute atomic E-state index is 0.0641. The van der Waals surface area contributed by atoms with Gasteiger partial charge in [0.25, 0.3) is 6.47 Å². The van der Waals surface area contributed by atoms with Crippen LogP contribution in [0.15, 0.2) is 40.5 Å². The summed E-state index contributed by atoms with van der Waals surface area (Å²) in [4.78, 5) is 28.2. The van der Waals surface area contributed by atoms with E-state index in [-0.39, 0.29) is 25.7 Å². The van der Waals surface area contributed by atoms with Gasteiger partial charge in [0.15, 0.2) is 0 Å². The molecule has 0 spiro atoms. The maximum absolute atomic E-state index is 12.9. The monoisotopic (exact) mass is 408 g/mol. The van der Waals surface area contributed by atoms with Gasteiger partial charge in [0, 0.05) is 29.1 Å². The van der Waals surface area contributed by atoms with E-state index in [0.717, 1.165) is 5.56 Å². The fourth-order valence-electron chi connectivity index (χ4n) is 3.25. The Morgan fingerprint density at radius 1 is 1.36 bits per heavy atom. The second kappa shape index (κ2) is 10.9. The number of nitrogens with two attached hydrogens (primary N) is 1. The number of hydrogen-bond donors (Lipinski definition) is 1. The van der Waals surface area contributed by atoms with Crippen LogP contribution in [0.5, 0.6) is 0 Å². The van der Waals surface area contributed by atoms with Crippen LogP contribution in [-0.4, -0.2) is 51.1 Å². The summed E-state index contributed by atoms with van der Waals surface area (Å²) in [6.07, 6.45) is 0. The van der Waals surface area contributed by atoms with Crippen LogP contribution in [0.25, 0.3) is 0 Å². The SMILES string of the molecule is CCOC(=O)C1=C(COCCN)N=C(C)C(COC=O)C1c1ccccc1Cl. The lowest BCUT2D eigenvalue weighted by Gasteiger charge is -2.33. The minimum Gasteiger partial charge on any atom is -0.467 e. The highest BCUT2D eigenvalue weighted by Gasteiger charge is 2.39. The molecule has 0 saturated heterocycles. The molecule has 2 rings (SSSR count). The number of carbonyl (C=O) groups is 2. The first-order valence-corrected chi connectivity index (χ1v) is 9.45. The molecule has 1 aromatic rings. The second-order valence-electron chi connectivity index (χ2n) is 6.21. The van der Waals surface area contributed by atoms with Gasteiger partial charge in [-0.3, -0.25) is 9.79 Å². The minimum atomic E-state index is -0.494. The van der Waals surface area contributed by atoms with Gasteiger partial charge in [0.05, 0.1) is 37.7 Å². The highest BCUT2D eigenvalue weighted by atomic mass is 35.5. The Bertz CT molecular complexity index is 763. The average Bonchev–Trinajstić information content (AvgIpc) is 2.67. The van der Waals surface area contributed by atoms with Gasteiger partial charge >= 0.3 is 5.97 Å². The van der Waals surface area contributed by atoms with Gasteiger partial charge in [-0.2, -0.15) is 0 Å². The number of nitrogens with zero attached hydrogens (tertiary/aromatic N) is 1. The summed E-state index contributed by atoms with van der Waals surface area (Å²) >= 11 is 6.45. The molecule has 0 aliphatic carbocycles. The van der Waals surface area contributed by atoms with Crippen LogP contribution in [0.4, 0.5) is 0 Å². The summed E-state index contributed by atoms with van der Waals surface area (Å²) in [6, 6.07) is 7.25. The number of halogens is 1. The van der Waals surface area contributed by atoms with Crippen molar-refractivity contribution in [1.29, 1.82) is 0 Å². The lowest BCUT2D eigenvalue weighted by molar-refractivity contribution is -0.139. The van der Waals surface area contributed by atoms with Crippen molar-refractivity contribution in [3.8, 4) is 0 Å². The summed E-state index contributed by atoms with van der Waals surface area (Å²) in [5, 5.41) is 0.502. The molecule has 0 bridgehead atoms. The van der Waals surface area contributed by atoms with Crippen molar-refractivity contribution in [2.75, 3.05) is 33.0 Å². The van der Waals surface area contributed by atoms with Crippen molar-refractivity contribution in [2.24, 2.45) is 16.6 Å². The molecule has 2 unspecified atom stereocenters. The van der Waals surface area contributed by atoms with Gasteiger partial charge in [-0.1, -0.05) is 29.8 Å². The van der Waals surface area contributed by atoms with Crippen LogP contribution in [0.2, 0.25) is 5.02 Å². The number of carbonyl (C=O) groups excluding carboxylic acids is 2. The van der Waals surface area contributed by atoms with Gasteiger partial charge in [-0.25, -0.2) is 4.79 Å². The van der Waals surface area contributed by atoms with E-state index in [4.69, 9.17) is 31.5 Å². The van der Waals surface area contributed by atoms with Gasteiger partial charge < -0.3 is 19.9 Å². The molecule has 0 saturated carbocycles. The highest BCUT2D eigenvalue weighted by molar-refractivity contribution is 6.31. The molecular formula is C20H25ClN2O5. The lowest BCUT2D eigenvalue weighted by atomic mass is 9.76. The van der Waals surface area contributed by atoms with E-state index in [0.29, 0.717) is 41.6 Å². The van der Waals surface area contributed by atoms with E-state index in [9.17, 15) is 9.59 Å². The summed E-state index contributed by atoms with van der Waals surface area (Å²) in [6.45, 7) is 5.03. The van der Waals surface area contributed by atoms with Crippen LogP contribution < -0.4 is 5.73 Å². The molecule has 0 amide bonds. The third kappa shape index (κ3) is 5.19. The third-order valence-corrected chi connectivity index (χ3v) is 4.80. The van der Waals surface area contributed by atoms with E-state index in [1.54, 1.807) is 13.0 Å². The van der Waals surface area contributed by atoms with Crippen LogP contribution in [-0.2, 0) is 23.8 Å². The number of hydrogen-bond acceptors (Lipinski definition) is 7. The van der Waals surface area contributed by atoms with Crippen LogP contribution in [0, 0.1) is 5.92 Å². The number of ether oxygens (including phenoxy) is 3. The lowest BCUT2D eigenvalue weighted by Crippen LogP contribution is -2.34. The van der Waals surface area contributed by atoms with Crippen molar-refractivity contribution < 1.29 is 23.8 Å². The summed E-state index contributed by atoms with van der Waals surface area (Å²) in [7, 11) is 0. The Morgan fingerprint density at radius 3 is 2.75 bits per heavy atom. The fraction of sp³-hybridized carbons (Fsp3) is 0.450. The number of benzene rings is 1. The fourth-order valence-corrected chi connectivity index (χ4v) is 3.51. The van der Waals surface area contributed by atoms with Crippen molar-refractivity contribution >= 4 is 29.8 Å². The number of rotatable bonds is 10. The Hall–Kier alpha value is -2.22. The molecule has 0 radical (unpaired) electrons. The van der Waals surface area contributed by atoms with Gasteiger partial charge in [-0.15, -0.1) is 0 Å². The Kier molecular flexibility index (Phi) is 8.63. The average molecular weight is 409 g/mol. The molecule has 7 nitrogen and oxygen atoms in total. The van der Waals surface area contributed by atoms with Crippen molar-refractivity contribution in [3.05, 3.63) is 46.1 Å². The highest BCUT2D eigenvalue weighted by Crippen LogP contribution is 2.42. The van der Waals surface area contributed by atoms with Gasteiger partial charge in [0.2, 0.25) is 0 Å². The number of aliphatic imine (C=N–C) groups is 1. The molecule has 0 fully saturated rings. The van der Waals surface area contributed by atoms with Crippen molar-refractivity contribution in [2.45, 2.75) is 19.8 Å². The standard InChI is InChI=1S/C20H25ClN2O5/c1-3-28-20(25)19-17(11-26-9-8-22)23-13(2)15(10-27-12-24)18(19)14-6-4-5-7-16(14)21/h4-7,12,15,18H,3,8-11,22H2,1-2H3. The molecule has 8 heteroatoms. The maximum atomic E-state index is 12.9. The zero-order valence-electron chi connectivity index (χ0n) is 16.0. The van der Waals surface area contributed by atoms with E-state index in [2.05, 4.69) is 4.99 Å². The van der Waals surface area contributed by atoms with E-state index in [1.165, 1.54) is 0 Å². The van der Waals surface area contributed by atoms with E-state index >= 15 is 0 Å². The Morgan fingerprint density at radius 2 is 2.11 bits per heavy atom. The molecule has 1 aliphatic rings. The summed E-state index contributed by atoms with van der Waals surface area (Å²) in [5.74, 6) is -1.34. The van der Waals surface area contributed by atoms with Crippen LogP contribution in [0.1, 0.15) is 25.3 Å². The largest absolute Gasteiger partial charge is 0.467 e. The molecule has 1 aliphatic heterocycles. The predicted molar refractivity (Wildman–Crippen MR) is 106 cm³/mol. The zero-order chi connectivity index (χ0) is 20.5. The third-order valence-electron chi connectivity index (χ3n) is 4.45. The van der Waals surface area contributed by atoms with Crippen molar-refractivity contribution in [3.63, 3.8) is 0 Å².